The van der Waals surface area contributed by atoms with Crippen LogP contribution >= 0.6 is 7.82 Å². The molecule has 1 aromatic carbocycles. The maximum Gasteiger partial charge on any atom is 0.587 e. The molecule has 78 valence electrons. The van der Waals surface area contributed by atoms with E-state index in [1.807, 2.05) is 0 Å². The fourth-order valence-electron chi connectivity index (χ4n) is 1.15. The fourth-order valence-corrected chi connectivity index (χ4v) is 1.88. The molecule has 0 saturated carbocycles. The summed E-state index contributed by atoms with van der Waals surface area (Å²) in [6.45, 7) is 0. The van der Waals surface area contributed by atoms with Crippen LogP contribution < -0.4 is 0 Å². The standard InChI is InChI=1S/C9H7O5P/c10-9-6-8(13-15(11,12)14-9)7-4-2-1-3-5-7/h1-6H,(H,11,12). The van der Waals surface area contributed by atoms with Gasteiger partial charge >= 0.3 is 13.8 Å². The topological polar surface area (TPSA) is 72.8 Å². The van der Waals surface area contributed by atoms with E-state index in [1.54, 1.807) is 30.3 Å². The Labute approximate surface area is 85.6 Å². The Morgan fingerprint density at radius 3 is 2.40 bits per heavy atom. The molecule has 0 aromatic heterocycles. The summed E-state index contributed by atoms with van der Waals surface area (Å²) in [4.78, 5) is 20.0. The molecule has 0 radical (unpaired) electrons. The van der Waals surface area contributed by atoms with E-state index >= 15 is 0 Å². The molecule has 1 heterocycles. The molecule has 2 rings (SSSR count). The number of carbonyl (C=O) groups excluding carboxylic acids is 1. The molecular weight excluding hydrogens is 219 g/mol. The molecular formula is C9H7O5P. The van der Waals surface area contributed by atoms with Crippen LogP contribution in [0, 0.1) is 0 Å². The largest absolute Gasteiger partial charge is 0.587 e. The average molecular weight is 226 g/mol. The quantitative estimate of drug-likeness (QED) is 0.737. The molecule has 1 aliphatic heterocycles. The van der Waals surface area contributed by atoms with Crippen molar-refractivity contribution in [2.45, 2.75) is 0 Å². The number of rotatable bonds is 1. The second-order valence-electron chi connectivity index (χ2n) is 2.84. The van der Waals surface area contributed by atoms with Crippen molar-refractivity contribution in [1.82, 2.24) is 0 Å². The van der Waals surface area contributed by atoms with Crippen LogP contribution in [0.4, 0.5) is 0 Å². The predicted octanol–water partition coefficient (Wildman–Crippen LogP) is 1.70. The van der Waals surface area contributed by atoms with Crippen LogP contribution in [-0.4, -0.2) is 10.9 Å². The number of hydrogen-bond donors (Lipinski definition) is 1. The van der Waals surface area contributed by atoms with Gasteiger partial charge in [0.2, 0.25) is 0 Å². The van der Waals surface area contributed by atoms with E-state index in [0.29, 0.717) is 5.56 Å². The first-order valence-corrected chi connectivity index (χ1v) is 5.59. The van der Waals surface area contributed by atoms with E-state index in [2.05, 4.69) is 9.05 Å². The summed E-state index contributed by atoms with van der Waals surface area (Å²) in [7, 11) is -4.28. The van der Waals surface area contributed by atoms with Crippen LogP contribution in [0.1, 0.15) is 5.56 Å². The lowest BCUT2D eigenvalue weighted by atomic mass is 10.2. The first-order chi connectivity index (χ1) is 7.07. The summed E-state index contributed by atoms with van der Waals surface area (Å²) < 4.78 is 19.8. The Morgan fingerprint density at radius 2 is 1.80 bits per heavy atom. The molecule has 6 heteroatoms. The van der Waals surface area contributed by atoms with E-state index in [0.717, 1.165) is 6.08 Å². The van der Waals surface area contributed by atoms with Gasteiger partial charge in [0, 0.05) is 5.56 Å². The van der Waals surface area contributed by atoms with E-state index in [9.17, 15) is 9.36 Å². The summed E-state index contributed by atoms with van der Waals surface area (Å²) in [5.74, 6) is -0.844. The van der Waals surface area contributed by atoms with Crippen LogP contribution in [-0.2, 0) is 18.4 Å². The summed E-state index contributed by atoms with van der Waals surface area (Å²) in [6, 6.07) is 8.54. The van der Waals surface area contributed by atoms with Crippen molar-refractivity contribution in [2.24, 2.45) is 0 Å². The first-order valence-electron chi connectivity index (χ1n) is 4.10. The minimum atomic E-state index is -4.28. The molecule has 1 N–H and O–H groups in total. The lowest BCUT2D eigenvalue weighted by Crippen LogP contribution is -2.08. The van der Waals surface area contributed by atoms with E-state index in [1.165, 1.54) is 0 Å². The normalized spacial score (nSPS) is 25.1. The van der Waals surface area contributed by atoms with Gasteiger partial charge in [-0.25, -0.2) is 9.36 Å². The van der Waals surface area contributed by atoms with Crippen molar-refractivity contribution in [2.75, 3.05) is 0 Å². The Kier molecular flexibility index (Phi) is 2.34. The zero-order chi connectivity index (χ0) is 10.9. The minimum Gasteiger partial charge on any atom is -0.394 e. The van der Waals surface area contributed by atoms with Gasteiger partial charge in [0.15, 0.2) is 0 Å². The minimum absolute atomic E-state index is 0.0395. The molecule has 1 atom stereocenters. The molecule has 1 aliphatic rings. The third-order valence-corrected chi connectivity index (χ3v) is 2.56. The van der Waals surface area contributed by atoms with Gasteiger partial charge in [-0.15, -0.1) is 0 Å². The first kappa shape index (κ1) is 9.96. The lowest BCUT2D eigenvalue weighted by Gasteiger charge is -2.18. The smallest absolute Gasteiger partial charge is 0.394 e. The Bertz CT molecular complexity index is 465. The zero-order valence-corrected chi connectivity index (χ0v) is 8.39. The Hall–Kier alpha value is -1.58. The highest BCUT2D eigenvalue weighted by atomic mass is 31.2. The monoisotopic (exact) mass is 226 g/mol. The number of benzene rings is 1. The Morgan fingerprint density at radius 1 is 1.13 bits per heavy atom. The fraction of sp³-hybridized carbons (Fsp3) is 0. The predicted molar refractivity (Wildman–Crippen MR) is 51.4 cm³/mol. The summed E-state index contributed by atoms with van der Waals surface area (Å²) in [5.41, 5.74) is 0.545. The number of phosphoric ester groups is 1. The van der Waals surface area contributed by atoms with Gasteiger partial charge in [-0.2, -0.15) is 0 Å². The maximum absolute atomic E-state index is 11.1. The van der Waals surface area contributed by atoms with Crippen molar-refractivity contribution in [3.63, 3.8) is 0 Å². The summed E-state index contributed by atoms with van der Waals surface area (Å²) in [5, 5.41) is 0. The van der Waals surface area contributed by atoms with Gasteiger partial charge in [0.1, 0.15) is 5.76 Å². The average Bonchev–Trinajstić information content (AvgIpc) is 2.16. The highest BCUT2D eigenvalue weighted by Crippen LogP contribution is 2.50. The molecule has 1 aromatic rings. The van der Waals surface area contributed by atoms with Gasteiger partial charge in [-0.1, -0.05) is 30.3 Å². The van der Waals surface area contributed by atoms with Crippen LogP contribution in [0.2, 0.25) is 0 Å². The van der Waals surface area contributed by atoms with Crippen molar-refractivity contribution in [3.8, 4) is 0 Å². The molecule has 0 spiro atoms. The molecule has 5 nitrogen and oxygen atoms in total. The van der Waals surface area contributed by atoms with Crippen molar-refractivity contribution < 1.29 is 23.3 Å². The van der Waals surface area contributed by atoms with Gasteiger partial charge in [-0.05, 0) is 0 Å². The van der Waals surface area contributed by atoms with E-state index in [-0.39, 0.29) is 5.76 Å². The summed E-state index contributed by atoms with van der Waals surface area (Å²) in [6.07, 6.45) is 1.03. The molecule has 0 amide bonds. The SMILES string of the molecule is O=C1C=C(c2ccccc2)OP(=O)(O)O1. The van der Waals surface area contributed by atoms with Crippen LogP contribution in [0.25, 0.3) is 5.76 Å². The van der Waals surface area contributed by atoms with Gasteiger partial charge in [0.05, 0.1) is 6.08 Å². The van der Waals surface area contributed by atoms with Crippen LogP contribution in [0.5, 0.6) is 0 Å². The molecule has 15 heavy (non-hydrogen) atoms. The lowest BCUT2D eigenvalue weighted by molar-refractivity contribution is -0.130. The molecule has 1 unspecified atom stereocenters. The summed E-state index contributed by atoms with van der Waals surface area (Å²) >= 11 is 0. The van der Waals surface area contributed by atoms with Crippen molar-refractivity contribution >= 4 is 19.6 Å². The number of carbonyl (C=O) groups is 1. The molecule has 0 aliphatic carbocycles. The van der Waals surface area contributed by atoms with Gasteiger partial charge < -0.3 is 9.05 Å². The van der Waals surface area contributed by atoms with Gasteiger partial charge in [-0.3, -0.25) is 4.89 Å². The maximum atomic E-state index is 11.1. The van der Waals surface area contributed by atoms with Gasteiger partial charge in [0.25, 0.3) is 0 Å². The van der Waals surface area contributed by atoms with Crippen molar-refractivity contribution in [3.05, 3.63) is 42.0 Å². The number of phosphoric acid groups is 1. The second-order valence-corrected chi connectivity index (χ2v) is 4.15. The molecule has 0 bridgehead atoms. The second kappa shape index (κ2) is 3.53. The number of hydrogen-bond acceptors (Lipinski definition) is 4. The van der Waals surface area contributed by atoms with Crippen LogP contribution in [0.3, 0.4) is 0 Å². The highest BCUT2D eigenvalue weighted by Gasteiger charge is 2.33. The molecule has 0 saturated heterocycles. The third-order valence-electron chi connectivity index (χ3n) is 1.73. The van der Waals surface area contributed by atoms with Crippen LogP contribution in [0.15, 0.2) is 36.4 Å². The molecule has 0 fully saturated rings. The van der Waals surface area contributed by atoms with E-state index < -0.39 is 13.8 Å². The zero-order valence-electron chi connectivity index (χ0n) is 7.49. The van der Waals surface area contributed by atoms with E-state index in [4.69, 9.17) is 4.89 Å². The highest BCUT2D eigenvalue weighted by molar-refractivity contribution is 7.48. The Balaban J connectivity index is 2.39. The van der Waals surface area contributed by atoms with Crippen molar-refractivity contribution in [1.29, 1.82) is 0 Å². The third kappa shape index (κ3) is 2.26.